The van der Waals surface area contributed by atoms with Crippen molar-refractivity contribution >= 4 is 34.8 Å². The fourth-order valence-electron chi connectivity index (χ4n) is 4.71. The maximum atomic E-state index is 12.0. The van der Waals surface area contributed by atoms with Gasteiger partial charge in [-0.2, -0.15) is 0 Å². The van der Waals surface area contributed by atoms with Gasteiger partial charge in [0.25, 0.3) is 0 Å². The van der Waals surface area contributed by atoms with Crippen LogP contribution in [0.5, 0.6) is 0 Å². The van der Waals surface area contributed by atoms with Crippen molar-refractivity contribution in [2.45, 2.75) is 117 Å². The molecule has 2 aliphatic rings. The number of carbonyl (C=O) groups excluding carboxylic acids is 2. The van der Waals surface area contributed by atoms with Crippen LogP contribution in [0, 0.1) is 11.8 Å². The lowest BCUT2D eigenvalue weighted by molar-refractivity contribution is 0.00459. The van der Waals surface area contributed by atoms with Gasteiger partial charge in [-0.15, -0.1) is 0 Å². The van der Waals surface area contributed by atoms with Crippen LogP contribution in [0.2, 0.25) is 0 Å². The third-order valence-electron chi connectivity index (χ3n) is 6.49. The number of amides is 2. The smallest absolute Gasteiger partial charge is 0.410 e. The van der Waals surface area contributed by atoms with Gasteiger partial charge in [-0.3, -0.25) is 0 Å². The minimum absolute atomic E-state index is 0.180. The van der Waals surface area contributed by atoms with Gasteiger partial charge in [-0.25, -0.2) is 9.59 Å². The SMILES string of the molecule is CC1CC(CCO)CCN1C(=O)OC(C)(C)C.CI.COCCC1CCN(C(=O)OC(C)(C)C)C(C)C1. The van der Waals surface area contributed by atoms with Crippen LogP contribution in [0.15, 0.2) is 0 Å². The molecule has 4 atom stereocenters. The molecule has 2 aliphatic heterocycles. The Morgan fingerprint density at radius 2 is 1.19 bits per heavy atom. The first-order valence-corrected chi connectivity index (χ1v) is 15.8. The second-order valence-corrected chi connectivity index (χ2v) is 12.1. The number of hydrogen-bond donors (Lipinski definition) is 1. The van der Waals surface area contributed by atoms with Crippen LogP contribution in [0.1, 0.15) is 93.9 Å². The van der Waals surface area contributed by atoms with E-state index >= 15 is 0 Å². The molecule has 2 amide bonds. The molecule has 2 rings (SSSR count). The van der Waals surface area contributed by atoms with Crippen molar-refractivity contribution < 1.29 is 28.9 Å². The minimum atomic E-state index is -0.432. The van der Waals surface area contributed by atoms with E-state index in [4.69, 9.17) is 19.3 Å². The normalized spacial score (nSPS) is 24.2. The van der Waals surface area contributed by atoms with Gasteiger partial charge in [-0.1, -0.05) is 22.6 Å². The number of aliphatic hydroxyl groups excluding tert-OH is 1. The van der Waals surface area contributed by atoms with Crippen LogP contribution in [-0.4, -0.2) is 88.7 Å². The second kappa shape index (κ2) is 17.7. The Hall–Kier alpha value is -0.810. The summed E-state index contributed by atoms with van der Waals surface area (Å²) in [5.41, 5.74) is -0.845. The largest absolute Gasteiger partial charge is 0.444 e. The summed E-state index contributed by atoms with van der Waals surface area (Å²) in [4.78, 5) is 29.6. The lowest BCUT2D eigenvalue weighted by Gasteiger charge is -2.38. The first-order valence-electron chi connectivity index (χ1n) is 13.6. The van der Waals surface area contributed by atoms with E-state index in [1.165, 1.54) is 0 Å². The summed E-state index contributed by atoms with van der Waals surface area (Å²) >= 11 is 2.15. The molecule has 9 heteroatoms. The molecule has 4 unspecified atom stereocenters. The fourth-order valence-corrected chi connectivity index (χ4v) is 4.71. The standard InChI is InChI=1S/C14H27NO3.C13H25NO3.CH3I/c1-11-10-12(7-9-17-5)6-8-15(11)13(16)18-14(2,3)4;1-10-9-11(6-8-15)5-7-14(10)12(16)17-13(2,3)4;1-2/h11-12H,6-10H2,1-5H3;10-11,15H,5-9H2,1-4H3;1H3. The number of ether oxygens (including phenoxy) is 3. The molecule has 37 heavy (non-hydrogen) atoms. The van der Waals surface area contributed by atoms with Gasteiger partial charge in [0.2, 0.25) is 0 Å². The molecule has 0 aromatic heterocycles. The Morgan fingerprint density at radius 3 is 1.49 bits per heavy atom. The predicted octanol–water partition coefficient (Wildman–Crippen LogP) is 6.51. The van der Waals surface area contributed by atoms with Gasteiger partial charge in [0.05, 0.1) is 0 Å². The highest BCUT2D eigenvalue weighted by atomic mass is 127. The summed E-state index contributed by atoms with van der Waals surface area (Å²) in [5, 5.41) is 8.93. The number of methoxy groups -OCH3 is 1. The maximum Gasteiger partial charge on any atom is 0.410 e. The van der Waals surface area contributed by atoms with Crippen LogP contribution >= 0.6 is 22.6 Å². The molecule has 2 heterocycles. The quantitative estimate of drug-likeness (QED) is 0.272. The molecular weight excluding hydrogens is 587 g/mol. The third kappa shape index (κ3) is 15.4. The summed E-state index contributed by atoms with van der Waals surface area (Å²) in [5.74, 6) is 1.20. The number of alkyl halides is 1. The third-order valence-corrected chi connectivity index (χ3v) is 6.49. The van der Waals surface area contributed by atoms with E-state index < -0.39 is 11.2 Å². The first-order chi connectivity index (χ1) is 17.2. The molecular formula is C28H55IN2O6. The zero-order valence-electron chi connectivity index (χ0n) is 25.1. The van der Waals surface area contributed by atoms with Gasteiger partial charge < -0.3 is 29.1 Å². The average molecular weight is 643 g/mol. The molecule has 0 aromatic carbocycles. The van der Waals surface area contributed by atoms with Crippen molar-refractivity contribution in [2.75, 3.05) is 38.3 Å². The van der Waals surface area contributed by atoms with Crippen molar-refractivity contribution in [3.63, 3.8) is 0 Å². The summed E-state index contributed by atoms with van der Waals surface area (Å²) < 4.78 is 15.9. The minimum Gasteiger partial charge on any atom is -0.444 e. The van der Waals surface area contributed by atoms with E-state index in [0.717, 1.165) is 58.2 Å². The summed E-state index contributed by atoms with van der Waals surface area (Å²) in [7, 11) is 1.74. The zero-order valence-corrected chi connectivity index (χ0v) is 27.3. The topological polar surface area (TPSA) is 88.5 Å². The van der Waals surface area contributed by atoms with Crippen LogP contribution < -0.4 is 0 Å². The van der Waals surface area contributed by atoms with E-state index in [1.807, 2.05) is 58.3 Å². The Labute approximate surface area is 240 Å². The van der Waals surface area contributed by atoms with E-state index in [1.54, 1.807) is 12.0 Å². The van der Waals surface area contributed by atoms with Crippen molar-refractivity contribution in [1.82, 2.24) is 9.80 Å². The van der Waals surface area contributed by atoms with Crippen LogP contribution in [0.25, 0.3) is 0 Å². The highest BCUT2D eigenvalue weighted by molar-refractivity contribution is 14.1. The molecule has 2 fully saturated rings. The maximum absolute atomic E-state index is 12.0. The van der Waals surface area contributed by atoms with E-state index in [2.05, 4.69) is 29.5 Å². The molecule has 220 valence electrons. The van der Waals surface area contributed by atoms with Crippen LogP contribution in [0.3, 0.4) is 0 Å². The van der Waals surface area contributed by atoms with E-state index in [-0.39, 0.29) is 30.9 Å². The first kappa shape index (κ1) is 36.2. The molecule has 0 radical (unpaired) electrons. The van der Waals surface area contributed by atoms with Gasteiger partial charge in [0, 0.05) is 45.5 Å². The molecule has 0 aliphatic carbocycles. The van der Waals surface area contributed by atoms with Gasteiger partial charge in [0.1, 0.15) is 11.2 Å². The molecule has 0 spiro atoms. The number of halogens is 1. The lowest BCUT2D eigenvalue weighted by Crippen LogP contribution is -2.46. The van der Waals surface area contributed by atoms with Gasteiger partial charge >= 0.3 is 12.2 Å². The molecule has 0 bridgehead atoms. The number of hydrogen-bond acceptors (Lipinski definition) is 6. The number of rotatable bonds is 5. The predicted molar refractivity (Wildman–Crippen MR) is 158 cm³/mol. The molecule has 1 N–H and O–H groups in total. The van der Waals surface area contributed by atoms with Crippen molar-refractivity contribution in [1.29, 1.82) is 0 Å². The van der Waals surface area contributed by atoms with Crippen molar-refractivity contribution in [3.8, 4) is 0 Å². The number of piperidine rings is 2. The van der Waals surface area contributed by atoms with Gasteiger partial charge in [0.15, 0.2) is 0 Å². The highest BCUT2D eigenvalue weighted by Crippen LogP contribution is 2.27. The molecule has 0 aromatic rings. The van der Waals surface area contributed by atoms with Gasteiger partial charge in [-0.05, 0) is 111 Å². The van der Waals surface area contributed by atoms with E-state index in [0.29, 0.717) is 11.8 Å². The lowest BCUT2D eigenvalue weighted by atomic mass is 9.89. The number of aliphatic hydroxyl groups is 1. The Balaban J connectivity index is 0.000000657. The fraction of sp³-hybridized carbons (Fsp3) is 0.929. The highest BCUT2D eigenvalue weighted by Gasteiger charge is 2.32. The summed E-state index contributed by atoms with van der Waals surface area (Å²) in [6.45, 7) is 18.1. The number of likely N-dealkylation sites (tertiary alicyclic amines) is 2. The monoisotopic (exact) mass is 642 g/mol. The van der Waals surface area contributed by atoms with Crippen molar-refractivity contribution in [2.24, 2.45) is 11.8 Å². The summed E-state index contributed by atoms with van der Waals surface area (Å²) in [6, 6.07) is 0.464. The molecule has 0 saturated carbocycles. The van der Waals surface area contributed by atoms with E-state index in [9.17, 15) is 9.59 Å². The van der Waals surface area contributed by atoms with Crippen LogP contribution in [-0.2, 0) is 14.2 Å². The second-order valence-electron chi connectivity index (χ2n) is 12.1. The van der Waals surface area contributed by atoms with Crippen LogP contribution in [0.4, 0.5) is 9.59 Å². The number of carbonyl (C=O) groups is 2. The molecule has 8 nitrogen and oxygen atoms in total. The molecule has 2 saturated heterocycles. The Bertz CT molecular complexity index is 650. The van der Waals surface area contributed by atoms with Crippen molar-refractivity contribution in [3.05, 3.63) is 0 Å². The number of nitrogens with zero attached hydrogens (tertiary/aromatic N) is 2. The average Bonchev–Trinajstić information content (AvgIpc) is 2.77. The Kier molecular flexibility index (Phi) is 17.3. The Morgan fingerprint density at radius 1 is 0.811 bits per heavy atom. The summed E-state index contributed by atoms with van der Waals surface area (Å²) in [6.07, 6.45) is 5.54. The zero-order chi connectivity index (χ0) is 28.8.